The third-order valence-electron chi connectivity index (χ3n) is 2.31. The normalized spacial score (nSPS) is 23.3. The summed E-state index contributed by atoms with van der Waals surface area (Å²) in [6.45, 7) is 5.62. The maximum Gasteiger partial charge on any atom is 0.0895 e. The van der Waals surface area contributed by atoms with Gasteiger partial charge < -0.3 is 10.1 Å². The Hall–Kier alpha value is -0.870. The molecule has 4 nitrogen and oxygen atoms in total. The summed E-state index contributed by atoms with van der Waals surface area (Å²) in [5.41, 5.74) is 1.19. The molecule has 0 bridgehead atoms. The molecule has 0 amide bonds. The number of rotatable bonds is 2. The second kappa shape index (κ2) is 3.89. The van der Waals surface area contributed by atoms with Crippen molar-refractivity contribution >= 4 is 0 Å². The van der Waals surface area contributed by atoms with Crippen molar-refractivity contribution in [3.63, 3.8) is 0 Å². The first-order valence-electron chi connectivity index (χ1n) is 4.67. The van der Waals surface area contributed by atoms with E-state index in [2.05, 4.69) is 17.3 Å². The van der Waals surface area contributed by atoms with Gasteiger partial charge >= 0.3 is 0 Å². The first-order chi connectivity index (χ1) is 6.36. The van der Waals surface area contributed by atoms with E-state index in [4.69, 9.17) is 4.74 Å². The molecule has 1 aliphatic rings. The molecule has 0 aromatic carbocycles. The molecule has 2 heterocycles. The topological polar surface area (TPSA) is 39.1 Å². The first-order valence-corrected chi connectivity index (χ1v) is 4.67. The van der Waals surface area contributed by atoms with E-state index in [-0.39, 0.29) is 6.10 Å². The Labute approximate surface area is 77.9 Å². The molecule has 0 spiro atoms. The molecule has 1 aromatic heterocycles. The average molecular weight is 181 g/mol. The zero-order chi connectivity index (χ0) is 9.10. The highest BCUT2D eigenvalue weighted by Gasteiger charge is 2.14. The molecule has 1 aromatic rings. The van der Waals surface area contributed by atoms with Gasteiger partial charge in [0.05, 0.1) is 19.3 Å². The maximum absolute atomic E-state index is 5.58. The lowest BCUT2D eigenvalue weighted by molar-refractivity contribution is 0.0158. The molecule has 0 saturated carbocycles. The Morgan fingerprint density at radius 2 is 2.69 bits per heavy atom. The fourth-order valence-electron chi connectivity index (χ4n) is 1.52. The van der Waals surface area contributed by atoms with Crippen molar-refractivity contribution in [2.75, 3.05) is 19.7 Å². The van der Waals surface area contributed by atoms with Crippen LogP contribution < -0.4 is 5.32 Å². The van der Waals surface area contributed by atoms with Gasteiger partial charge in [0, 0.05) is 25.0 Å². The van der Waals surface area contributed by atoms with Crippen LogP contribution in [0.25, 0.3) is 0 Å². The number of hydrogen-bond donors (Lipinski definition) is 1. The minimum atomic E-state index is 0.271. The number of aromatic nitrogens is 2. The van der Waals surface area contributed by atoms with Crippen LogP contribution in [-0.4, -0.2) is 35.6 Å². The zero-order valence-electron chi connectivity index (χ0n) is 7.86. The Morgan fingerprint density at radius 1 is 1.77 bits per heavy atom. The van der Waals surface area contributed by atoms with E-state index in [9.17, 15) is 0 Å². The minimum absolute atomic E-state index is 0.271. The van der Waals surface area contributed by atoms with E-state index >= 15 is 0 Å². The molecule has 0 aliphatic carbocycles. The third-order valence-corrected chi connectivity index (χ3v) is 2.31. The van der Waals surface area contributed by atoms with Crippen molar-refractivity contribution in [2.24, 2.45) is 0 Å². The molecule has 13 heavy (non-hydrogen) atoms. The van der Waals surface area contributed by atoms with Crippen molar-refractivity contribution < 1.29 is 4.74 Å². The van der Waals surface area contributed by atoms with Gasteiger partial charge in [-0.2, -0.15) is 5.10 Å². The Bertz CT molecular complexity index is 266. The zero-order valence-corrected chi connectivity index (χ0v) is 7.86. The molecule has 0 radical (unpaired) electrons. The van der Waals surface area contributed by atoms with Crippen molar-refractivity contribution in [2.45, 2.75) is 19.6 Å². The van der Waals surface area contributed by atoms with Gasteiger partial charge in [-0.05, 0) is 13.0 Å². The van der Waals surface area contributed by atoms with E-state index in [0.717, 1.165) is 26.2 Å². The van der Waals surface area contributed by atoms with Gasteiger partial charge in [-0.1, -0.05) is 0 Å². The van der Waals surface area contributed by atoms with Crippen LogP contribution in [0.4, 0.5) is 0 Å². The number of nitrogens with zero attached hydrogens (tertiary/aromatic N) is 2. The van der Waals surface area contributed by atoms with Gasteiger partial charge in [0.25, 0.3) is 0 Å². The molecular weight excluding hydrogens is 166 g/mol. The van der Waals surface area contributed by atoms with E-state index in [1.165, 1.54) is 5.69 Å². The third kappa shape index (κ3) is 2.08. The molecular formula is C9H15N3O. The van der Waals surface area contributed by atoms with Crippen LogP contribution in [0.1, 0.15) is 5.69 Å². The second-order valence-electron chi connectivity index (χ2n) is 3.35. The first kappa shape index (κ1) is 8.72. The van der Waals surface area contributed by atoms with Gasteiger partial charge in [-0.25, -0.2) is 0 Å². The van der Waals surface area contributed by atoms with Crippen molar-refractivity contribution in [1.82, 2.24) is 15.1 Å². The second-order valence-corrected chi connectivity index (χ2v) is 3.35. The molecule has 2 rings (SSSR count). The monoisotopic (exact) mass is 181 g/mol. The summed E-state index contributed by atoms with van der Waals surface area (Å²) in [6, 6.07) is 2.01. The van der Waals surface area contributed by atoms with Crippen LogP contribution in [0.2, 0.25) is 0 Å². The summed E-state index contributed by atoms with van der Waals surface area (Å²) >= 11 is 0. The summed E-state index contributed by atoms with van der Waals surface area (Å²) in [7, 11) is 0. The maximum atomic E-state index is 5.58. The van der Waals surface area contributed by atoms with Gasteiger partial charge in [-0.15, -0.1) is 0 Å². The van der Waals surface area contributed by atoms with E-state index in [1.807, 2.05) is 16.9 Å². The van der Waals surface area contributed by atoms with Gasteiger partial charge in [0.1, 0.15) is 0 Å². The van der Waals surface area contributed by atoms with Gasteiger partial charge in [0.2, 0.25) is 0 Å². The fourth-order valence-corrected chi connectivity index (χ4v) is 1.52. The Kier molecular flexibility index (Phi) is 2.61. The lowest BCUT2D eigenvalue weighted by Crippen LogP contribution is -2.41. The highest BCUT2D eigenvalue weighted by molar-refractivity contribution is 4.96. The van der Waals surface area contributed by atoms with Crippen LogP contribution in [0.5, 0.6) is 0 Å². The molecule has 1 atom stereocenters. The summed E-state index contributed by atoms with van der Waals surface area (Å²) in [6.07, 6.45) is 2.10. The van der Waals surface area contributed by atoms with Crippen LogP contribution in [0.15, 0.2) is 12.3 Å². The quantitative estimate of drug-likeness (QED) is 0.707. The predicted octanol–water partition coefficient (Wildman–Crippen LogP) is 0.180. The number of aryl methyl sites for hydroxylation is 1. The summed E-state index contributed by atoms with van der Waals surface area (Å²) < 4.78 is 7.57. The Balaban J connectivity index is 1.93. The molecule has 1 saturated heterocycles. The highest BCUT2D eigenvalue weighted by Crippen LogP contribution is 2.02. The van der Waals surface area contributed by atoms with Gasteiger partial charge in [0.15, 0.2) is 0 Å². The predicted molar refractivity (Wildman–Crippen MR) is 49.6 cm³/mol. The average Bonchev–Trinajstić information content (AvgIpc) is 2.54. The number of ether oxygens (including phenoxy) is 1. The summed E-state index contributed by atoms with van der Waals surface area (Å²) in [5, 5.41) is 7.52. The molecule has 1 fully saturated rings. The minimum Gasteiger partial charge on any atom is -0.374 e. The summed E-state index contributed by atoms with van der Waals surface area (Å²) in [5.74, 6) is 0. The number of hydrogen-bond acceptors (Lipinski definition) is 3. The fraction of sp³-hybridized carbons (Fsp3) is 0.667. The largest absolute Gasteiger partial charge is 0.374 e. The van der Waals surface area contributed by atoms with Crippen LogP contribution in [0, 0.1) is 6.92 Å². The van der Waals surface area contributed by atoms with Crippen molar-refractivity contribution in [1.29, 1.82) is 0 Å². The SMILES string of the molecule is Cc1ccnn1CC1CNCCO1. The highest BCUT2D eigenvalue weighted by atomic mass is 16.5. The number of morpholine rings is 1. The van der Waals surface area contributed by atoms with Crippen LogP contribution >= 0.6 is 0 Å². The number of nitrogens with one attached hydrogen (secondary N) is 1. The molecule has 4 heteroatoms. The molecule has 1 aliphatic heterocycles. The van der Waals surface area contributed by atoms with Gasteiger partial charge in [-0.3, -0.25) is 4.68 Å². The lowest BCUT2D eigenvalue weighted by Gasteiger charge is -2.23. The van der Waals surface area contributed by atoms with E-state index in [0.29, 0.717) is 0 Å². The van der Waals surface area contributed by atoms with Crippen LogP contribution in [0.3, 0.4) is 0 Å². The smallest absolute Gasteiger partial charge is 0.0895 e. The van der Waals surface area contributed by atoms with E-state index in [1.54, 1.807) is 0 Å². The summed E-state index contributed by atoms with van der Waals surface area (Å²) in [4.78, 5) is 0. The van der Waals surface area contributed by atoms with Crippen molar-refractivity contribution in [3.05, 3.63) is 18.0 Å². The Morgan fingerprint density at radius 3 is 3.31 bits per heavy atom. The lowest BCUT2D eigenvalue weighted by atomic mass is 10.3. The molecule has 1 unspecified atom stereocenters. The van der Waals surface area contributed by atoms with E-state index < -0.39 is 0 Å². The standard InChI is InChI=1S/C9H15N3O/c1-8-2-3-11-12(8)7-9-6-10-4-5-13-9/h2-3,9-10H,4-7H2,1H3. The molecule has 72 valence electrons. The van der Waals surface area contributed by atoms with Crippen molar-refractivity contribution in [3.8, 4) is 0 Å². The molecule has 1 N–H and O–H groups in total. The van der Waals surface area contributed by atoms with Crippen LogP contribution in [-0.2, 0) is 11.3 Å².